The number of benzene rings is 1. The lowest BCUT2D eigenvalue weighted by Crippen LogP contribution is -2.05. The van der Waals surface area contributed by atoms with E-state index in [0.717, 1.165) is 6.07 Å². The van der Waals surface area contributed by atoms with Crippen LogP contribution in [0.25, 0.3) is 0 Å². The van der Waals surface area contributed by atoms with Crippen molar-refractivity contribution < 1.29 is 13.2 Å². The minimum atomic E-state index is -4.41. The van der Waals surface area contributed by atoms with Gasteiger partial charge in [0.2, 0.25) is 0 Å². The Morgan fingerprint density at radius 1 is 1.25 bits per heavy atom. The first-order chi connectivity index (χ1) is 5.43. The molecule has 5 heteroatoms. The van der Waals surface area contributed by atoms with E-state index < -0.39 is 11.7 Å². The summed E-state index contributed by atoms with van der Waals surface area (Å²) in [5.41, 5.74) is -0.850. The van der Waals surface area contributed by atoms with Gasteiger partial charge in [-0.15, -0.1) is 12.6 Å². The molecule has 0 radical (unpaired) electrons. The number of alkyl halides is 3. The summed E-state index contributed by atoms with van der Waals surface area (Å²) in [6.45, 7) is 0. The van der Waals surface area contributed by atoms with Gasteiger partial charge in [-0.1, -0.05) is 17.7 Å². The molecule has 0 heterocycles. The quantitative estimate of drug-likeness (QED) is 0.624. The molecule has 0 saturated heterocycles. The molecule has 0 spiro atoms. The van der Waals surface area contributed by atoms with Crippen molar-refractivity contribution in [3.8, 4) is 0 Å². The van der Waals surface area contributed by atoms with E-state index in [-0.39, 0.29) is 9.92 Å². The molecule has 0 N–H and O–H groups in total. The summed E-state index contributed by atoms with van der Waals surface area (Å²) < 4.78 is 36.3. The Kier molecular flexibility index (Phi) is 2.58. The molecule has 0 unspecified atom stereocenters. The highest BCUT2D eigenvalue weighted by atomic mass is 35.5. The molecular weight excluding hydrogens is 209 g/mol. The Labute approximate surface area is 77.8 Å². The Balaban J connectivity index is 3.26. The zero-order chi connectivity index (χ0) is 9.35. The van der Waals surface area contributed by atoms with Crippen LogP contribution < -0.4 is 0 Å². The predicted molar refractivity (Wildman–Crippen MR) is 43.7 cm³/mol. The van der Waals surface area contributed by atoms with Crippen LogP contribution in [0.3, 0.4) is 0 Å². The molecule has 0 bridgehead atoms. The van der Waals surface area contributed by atoms with Crippen molar-refractivity contribution in [3.05, 3.63) is 28.8 Å². The van der Waals surface area contributed by atoms with Crippen molar-refractivity contribution in [2.24, 2.45) is 0 Å². The molecule has 1 aromatic carbocycles. The van der Waals surface area contributed by atoms with Crippen molar-refractivity contribution in [1.82, 2.24) is 0 Å². The normalized spacial score (nSPS) is 11.8. The minimum Gasteiger partial charge on any atom is -0.166 e. The summed E-state index contributed by atoms with van der Waals surface area (Å²) in [5, 5.41) is -0.353. The zero-order valence-electron chi connectivity index (χ0n) is 5.69. The second-order valence-electron chi connectivity index (χ2n) is 2.14. The average molecular weight is 213 g/mol. The van der Waals surface area contributed by atoms with Crippen LogP contribution in [0.2, 0.25) is 5.02 Å². The van der Waals surface area contributed by atoms with Crippen molar-refractivity contribution in [3.63, 3.8) is 0 Å². The molecule has 0 fully saturated rings. The van der Waals surface area contributed by atoms with Crippen molar-refractivity contribution in [1.29, 1.82) is 0 Å². The number of halogens is 4. The molecule has 0 aromatic heterocycles. The monoisotopic (exact) mass is 212 g/mol. The maximum atomic E-state index is 12.1. The molecule has 1 aromatic rings. The first-order valence-corrected chi connectivity index (χ1v) is 3.80. The van der Waals surface area contributed by atoms with E-state index in [0.29, 0.717) is 0 Å². The highest BCUT2D eigenvalue weighted by Crippen LogP contribution is 2.36. The summed E-state index contributed by atoms with van der Waals surface area (Å²) in [7, 11) is 0. The van der Waals surface area contributed by atoms with Crippen LogP contribution in [0.5, 0.6) is 0 Å². The van der Waals surface area contributed by atoms with Gasteiger partial charge in [-0.2, -0.15) is 13.2 Å². The van der Waals surface area contributed by atoms with E-state index in [9.17, 15) is 13.2 Å². The van der Waals surface area contributed by atoms with Crippen molar-refractivity contribution in [2.45, 2.75) is 11.1 Å². The highest BCUT2D eigenvalue weighted by Gasteiger charge is 2.33. The van der Waals surface area contributed by atoms with Crippen LogP contribution in [0, 0.1) is 0 Å². The molecule has 66 valence electrons. The molecule has 0 aliphatic heterocycles. The van der Waals surface area contributed by atoms with Gasteiger partial charge < -0.3 is 0 Å². The fraction of sp³-hybridized carbons (Fsp3) is 0.143. The molecule has 12 heavy (non-hydrogen) atoms. The van der Waals surface area contributed by atoms with Gasteiger partial charge in [0, 0.05) is 4.90 Å². The second-order valence-corrected chi connectivity index (χ2v) is 3.00. The summed E-state index contributed by atoms with van der Waals surface area (Å²) in [4.78, 5) is 0.131. The van der Waals surface area contributed by atoms with E-state index in [2.05, 4.69) is 12.6 Å². The van der Waals surface area contributed by atoms with Crippen LogP contribution in [0.15, 0.2) is 23.1 Å². The van der Waals surface area contributed by atoms with E-state index in [1.54, 1.807) is 0 Å². The fourth-order valence-electron chi connectivity index (χ4n) is 0.739. The smallest absolute Gasteiger partial charge is 0.166 e. The lowest BCUT2D eigenvalue weighted by molar-refractivity contribution is -0.137. The first-order valence-electron chi connectivity index (χ1n) is 2.97. The van der Waals surface area contributed by atoms with Crippen molar-refractivity contribution in [2.75, 3.05) is 0 Å². The lowest BCUT2D eigenvalue weighted by Gasteiger charge is -2.09. The maximum Gasteiger partial charge on any atom is 0.417 e. The van der Waals surface area contributed by atoms with E-state index >= 15 is 0 Å². The van der Waals surface area contributed by atoms with Gasteiger partial charge in [0.25, 0.3) is 0 Å². The van der Waals surface area contributed by atoms with E-state index in [1.807, 2.05) is 0 Å². The summed E-state index contributed by atoms with van der Waals surface area (Å²) in [6.07, 6.45) is -4.41. The molecule has 0 aliphatic carbocycles. The molecular formula is C7H4ClF3S. The third-order valence-corrected chi connectivity index (χ3v) is 2.20. The van der Waals surface area contributed by atoms with Crippen molar-refractivity contribution >= 4 is 24.2 Å². The number of rotatable bonds is 0. The Hall–Kier alpha value is -0.350. The van der Waals surface area contributed by atoms with Crippen LogP contribution in [-0.2, 0) is 6.18 Å². The van der Waals surface area contributed by atoms with Gasteiger partial charge in [0.15, 0.2) is 0 Å². The third kappa shape index (κ3) is 1.87. The topological polar surface area (TPSA) is 0 Å². The average Bonchev–Trinajstić information content (AvgIpc) is 1.92. The summed E-state index contributed by atoms with van der Waals surface area (Å²) in [6, 6.07) is 3.58. The molecule has 0 saturated carbocycles. The Morgan fingerprint density at radius 2 is 1.83 bits per heavy atom. The van der Waals surface area contributed by atoms with E-state index in [4.69, 9.17) is 11.6 Å². The van der Waals surface area contributed by atoms with Crippen LogP contribution >= 0.6 is 24.2 Å². The van der Waals surface area contributed by atoms with Crippen LogP contribution in [0.4, 0.5) is 13.2 Å². The number of hydrogen-bond donors (Lipinski definition) is 1. The molecule has 1 rings (SSSR count). The van der Waals surface area contributed by atoms with Gasteiger partial charge >= 0.3 is 6.18 Å². The van der Waals surface area contributed by atoms with Gasteiger partial charge in [0.05, 0.1) is 10.6 Å². The van der Waals surface area contributed by atoms with Gasteiger partial charge in [0.1, 0.15) is 0 Å². The minimum absolute atomic E-state index is 0.131. The SMILES string of the molecule is FC(F)(F)c1cccc(S)c1Cl. The number of hydrogen-bond acceptors (Lipinski definition) is 1. The van der Waals surface area contributed by atoms with Gasteiger partial charge in [-0.05, 0) is 12.1 Å². The Morgan fingerprint density at radius 3 is 2.25 bits per heavy atom. The molecule has 0 amide bonds. The summed E-state index contributed by atoms with van der Waals surface area (Å²) >= 11 is 9.15. The third-order valence-electron chi connectivity index (χ3n) is 1.28. The second kappa shape index (κ2) is 3.18. The fourth-order valence-corrected chi connectivity index (χ4v) is 1.18. The van der Waals surface area contributed by atoms with Crippen LogP contribution in [0.1, 0.15) is 5.56 Å². The molecule has 0 atom stereocenters. The van der Waals surface area contributed by atoms with Gasteiger partial charge in [-0.3, -0.25) is 0 Å². The van der Waals surface area contributed by atoms with Crippen LogP contribution in [-0.4, -0.2) is 0 Å². The van der Waals surface area contributed by atoms with E-state index in [1.165, 1.54) is 12.1 Å². The summed E-state index contributed by atoms with van der Waals surface area (Å²) in [5.74, 6) is 0. The largest absolute Gasteiger partial charge is 0.417 e. The first kappa shape index (κ1) is 9.74. The van der Waals surface area contributed by atoms with Gasteiger partial charge in [-0.25, -0.2) is 0 Å². The zero-order valence-corrected chi connectivity index (χ0v) is 7.34. The molecule has 0 nitrogen and oxygen atoms in total. The predicted octanol–water partition coefficient (Wildman–Crippen LogP) is 3.65. The Bertz CT molecular complexity index is 295. The maximum absolute atomic E-state index is 12.1. The standard InChI is InChI=1S/C7H4ClF3S/c8-6-4(7(9,10)11)2-1-3-5(6)12/h1-3,12H. The number of thiol groups is 1. The lowest BCUT2D eigenvalue weighted by atomic mass is 10.2. The highest BCUT2D eigenvalue weighted by molar-refractivity contribution is 7.80. The molecule has 0 aliphatic rings.